The first-order chi connectivity index (χ1) is 6.72. The van der Waals surface area contributed by atoms with E-state index >= 15 is 0 Å². The number of anilines is 2. The third-order valence-electron chi connectivity index (χ3n) is 2.78. The van der Waals surface area contributed by atoms with Gasteiger partial charge in [-0.25, -0.2) is 0 Å². The molecule has 2 heterocycles. The van der Waals surface area contributed by atoms with Gasteiger partial charge in [-0.15, -0.1) is 11.3 Å². The zero-order valence-electron chi connectivity index (χ0n) is 8.55. The van der Waals surface area contributed by atoms with Crippen molar-refractivity contribution in [3.8, 4) is 0 Å². The monoisotopic (exact) mass is 211 g/mol. The molecule has 1 aliphatic rings. The summed E-state index contributed by atoms with van der Waals surface area (Å²) in [5.41, 5.74) is 14.4. The lowest BCUT2D eigenvalue weighted by Gasteiger charge is -2.26. The Morgan fingerprint density at radius 2 is 2.00 bits per heavy atom. The van der Waals surface area contributed by atoms with E-state index < -0.39 is 0 Å². The number of nitrogen functional groups attached to an aromatic ring is 2. The highest BCUT2D eigenvalue weighted by Crippen LogP contribution is 2.36. The molecular weight excluding hydrogens is 194 g/mol. The Bertz CT molecular complexity index is 332. The van der Waals surface area contributed by atoms with Crippen molar-refractivity contribution >= 4 is 21.3 Å². The molecule has 4 heteroatoms. The van der Waals surface area contributed by atoms with Crippen LogP contribution in [0.5, 0.6) is 0 Å². The van der Waals surface area contributed by atoms with Crippen LogP contribution < -0.4 is 11.5 Å². The Labute approximate surface area is 88.7 Å². The maximum absolute atomic E-state index is 5.93. The minimum Gasteiger partial charge on any atom is -0.390 e. The average Bonchev–Trinajstić information content (AvgIpc) is 2.43. The van der Waals surface area contributed by atoms with Gasteiger partial charge < -0.3 is 11.5 Å². The van der Waals surface area contributed by atoms with Gasteiger partial charge in [-0.2, -0.15) is 0 Å². The van der Waals surface area contributed by atoms with E-state index in [1.54, 1.807) is 0 Å². The average molecular weight is 211 g/mol. The molecule has 1 aromatic heterocycles. The first-order valence-electron chi connectivity index (χ1n) is 5.10. The molecule has 0 unspecified atom stereocenters. The second kappa shape index (κ2) is 3.79. The highest BCUT2D eigenvalue weighted by Gasteiger charge is 2.21. The molecule has 4 N–H and O–H groups in total. The maximum atomic E-state index is 5.93. The molecule has 0 amide bonds. The molecule has 78 valence electrons. The van der Waals surface area contributed by atoms with Crippen molar-refractivity contribution in [2.45, 2.75) is 26.3 Å². The van der Waals surface area contributed by atoms with Gasteiger partial charge in [0.1, 0.15) is 0 Å². The molecule has 0 atom stereocenters. The lowest BCUT2D eigenvalue weighted by atomic mass is 10.0. The van der Waals surface area contributed by atoms with Crippen LogP contribution in [0.25, 0.3) is 0 Å². The van der Waals surface area contributed by atoms with Crippen LogP contribution >= 0.6 is 11.3 Å². The van der Waals surface area contributed by atoms with Gasteiger partial charge in [-0.1, -0.05) is 6.92 Å². The van der Waals surface area contributed by atoms with Gasteiger partial charge in [0, 0.05) is 18.7 Å². The summed E-state index contributed by atoms with van der Waals surface area (Å²) >= 11 is 1.53. The molecule has 2 rings (SSSR count). The van der Waals surface area contributed by atoms with Crippen molar-refractivity contribution in [1.29, 1.82) is 0 Å². The topological polar surface area (TPSA) is 55.3 Å². The fourth-order valence-corrected chi connectivity index (χ4v) is 2.96. The van der Waals surface area contributed by atoms with Gasteiger partial charge in [-0.05, 0) is 24.9 Å². The molecule has 0 fully saturated rings. The van der Waals surface area contributed by atoms with Crippen molar-refractivity contribution in [2.24, 2.45) is 0 Å². The molecule has 0 aliphatic carbocycles. The Morgan fingerprint density at radius 1 is 1.29 bits per heavy atom. The maximum Gasteiger partial charge on any atom is 0.0926 e. The third-order valence-corrected chi connectivity index (χ3v) is 3.71. The molecule has 0 aromatic carbocycles. The van der Waals surface area contributed by atoms with E-state index in [2.05, 4.69) is 11.8 Å². The number of fused-ring (bicyclic) bond motifs is 1. The van der Waals surface area contributed by atoms with Crippen LogP contribution in [0.4, 0.5) is 10.0 Å². The largest absolute Gasteiger partial charge is 0.390 e. The standard InChI is InChI=1S/C10H17N3S/c1-2-4-13-5-3-7-8(6-13)10(12)14-9(7)11/h2-6,11-12H2,1H3. The van der Waals surface area contributed by atoms with Crippen molar-refractivity contribution in [1.82, 2.24) is 4.90 Å². The number of rotatable bonds is 2. The highest BCUT2D eigenvalue weighted by atomic mass is 32.1. The number of hydrogen-bond acceptors (Lipinski definition) is 4. The third kappa shape index (κ3) is 1.60. The number of nitrogens with two attached hydrogens (primary N) is 2. The summed E-state index contributed by atoms with van der Waals surface area (Å²) in [7, 11) is 0. The Morgan fingerprint density at radius 3 is 2.71 bits per heavy atom. The van der Waals surface area contributed by atoms with Crippen LogP contribution in [-0.4, -0.2) is 18.0 Å². The summed E-state index contributed by atoms with van der Waals surface area (Å²) in [5, 5.41) is 1.84. The molecule has 3 nitrogen and oxygen atoms in total. The summed E-state index contributed by atoms with van der Waals surface area (Å²) in [6.45, 7) is 5.49. The van der Waals surface area contributed by atoms with E-state index in [9.17, 15) is 0 Å². The highest BCUT2D eigenvalue weighted by molar-refractivity contribution is 7.20. The molecule has 0 saturated heterocycles. The summed E-state index contributed by atoms with van der Waals surface area (Å²) in [6.07, 6.45) is 2.27. The van der Waals surface area contributed by atoms with Crippen molar-refractivity contribution in [3.05, 3.63) is 11.1 Å². The van der Waals surface area contributed by atoms with Gasteiger partial charge in [0.05, 0.1) is 10.0 Å². The number of nitrogens with zero attached hydrogens (tertiary/aromatic N) is 1. The lowest BCUT2D eigenvalue weighted by Crippen LogP contribution is -2.31. The fraction of sp³-hybridized carbons (Fsp3) is 0.600. The van der Waals surface area contributed by atoms with E-state index in [1.165, 1.54) is 28.9 Å². The van der Waals surface area contributed by atoms with Crippen LogP contribution in [0, 0.1) is 0 Å². The van der Waals surface area contributed by atoms with E-state index in [1.807, 2.05) is 0 Å². The van der Waals surface area contributed by atoms with Gasteiger partial charge in [-0.3, -0.25) is 4.90 Å². The Balaban J connectivity index is 2.21. The van der Waals surface area contributed by atoms with Gasteiger partial charge in [0.25, 0.3) is 0 Å². The molecule has 0 spiro atoms. The Kier molecular flexibility index (Phi) is 2.65. The molecular formula is C10H17N3S. The van der Waals surface area contributed by atoms with Gasteiger partial charge in [0.2, 0.25) is 0 Å². The Hall–Kier alpha value is -0.740. The minimum atomic E-state index is 0.915. The van der Waals surface area contributed by atoms with E-state index in [-0.39, 0.29) is 0 Å². The summed E-state index contributed by atoms with van der Waals surface area (Å²) in [5.74, 6) is 0. The van der Waals surface area contributed by atoms with Crippen LogP contribution in [-0.2, 0) is 13.0 Å². The predicted molar refractivity (Wildman–Crippen MR) is 62.4 cm³/mol. The first-order valence-corrected chi connectivity index (χ1v) is 5.91. The number of hydrogen-bond donors (Lipinski definition) is 2. The van der Waals surface area contributed by atoms with E-state index in [0.717, 1.165) is 36.1 Å². The van der Waals surface area contributed by atoms with Crippen LogP contribution in [0.15, 0.2) is 0 Å². The zero-order chi connectivity index (χ0) is 10.1. The van der Waals surface area contributed by atoms with Crippen LogP contribution in [0.3, 0.4) is 0 Å². The fourth-order valence-electron chi connectivity index (χ4n) is 2.07. The smallest absolute Gasteiger partial charge is 0.0926 e. The van der Waals surface area contributed by atoms with Crippen molar-refractivity contribution in [2.75, 3.05) is 24.6 Å². The summed E-state index contributed by atoms with van der Waals surface area (Å²) in [4.78, 5) is 2.45. The lowest BCUT2D eigenvalue weighted by molar-refractivity contribution is 0.256. The van der Waals surface area contributed by atoms with E-state index in [0.29, 0.717) is 0 Å². The van der Waals surface area contributed by atoms with Crippen LogP contribution in [0.1, 0.15) is 24.5 Å². The summed E-state index contributed by atoms with van der Waals surface area (Å²) < 4.78 is 0. The normalized spacial score (nSPS) is 16.9. The van der Waals surface area contributed by atoms with Crippen molar-refractivity contribution < 1.29 is 0 Å². The predicted octanol–water partition coefficient (Wildman–Crippen LogP) is 1.68. The zero-order valence-corrected chi connectivity index (χ0v) is 9.36. The second-order valence-corrected chi connectivity index (χ2v) is 4.90. The SMILES string of the molecule is CCCN1CCc2c(N)sc(N)c2C1. The summed E-state index contributed by atoms with van der Waals surface area (Å²) in [6, 6.07) is 0. The second-order valence-electron chi connectivity index (χ2n) is 3.81. The van der Waals surface area contributed by atoms with Crippen molar-refractivity contribution in [3.63, 3.8) is 0 Å². The molecule has 1 aromatic rings. The van der Waals surface area contributed by atoms with E-state index in [4.69, 9.17) is 11.5 Å². The number of thiophene rings is 1. The van der Waals surface area contributed by atoms with Gasteiger partial charge in [0.15, 0.2) is 0 Å². The molecule has 0 radical (unpaired) electrons. The molecule has 0 bridgehead atoms. The molecule has 14 heavy (non-hydrogen) atoms. The molecule has 0 saturated carbocycles. The minimum absolute atomic E-state index is 0.915. The quantitative estimate of drug-likeness (QED) is 0.782. The first kappa shape index (κ1) is 9.80. The van der Waals surface area contributed by atoms with Crippen LogP contribution in [0.2, 0.25) is 0 Å². The van der Waals surface area contributed by atoms with Gasteiger partial charge >= 0.3 is 0 Å². The molecule has 1 aliphatic heterocycles.